The lowest BCUT2D eigenvalue weighted by Gasteiger charge is -2.11. The number of rotatable bonds is 7. The van der Waals surface area contributed by atoms with E-state index in [1.165, 1.54) is 16.7 Å². The van der Waals surface area contributed by atoms with E-state index < -0.39 is 0 Å². The van der Waals surface area contributed by atoms with Crippen molar-refractivity contribution in [3.05, 3.63) is 218 Å². The fourth-order valence-corrected chi connectivity index (χ4v) is 8.84. The second-order valence-corrected chi connectivity index (χ2v) is 15.6. The summed E-state index contributed by atoms with van der Waals surface area (Å²) in [4.78, 5) is 15.2. The smallest absolute Gasteiger partial charge is 0.238 e. The fraction of sp³-hybridized carbons (Fsp3) is 0. The highest BCUT2D eigenvalue weighted by atomic mass is 16.3. The molecular weight excluding hydrogens is 757 g/mol. The van der Waals surface area contributed by atoms with Crippen molar-refractivity contribution >= 4 is 43.7 Å². The molecule has 0 saturated carbocycles. The van der Waals surface area contributed by atoms with Crippen molar-refractivity contribution < 1.29 is 4.42 Å². The van der Waals surface area contributed by atoms with E-state index >= 15 is 0 Å². The summed E-state index contributed by atoms with van der Waals surface area (Å²) in [5.41, 5.74) is 14.7. The zero-order chi connectivity index (χ0) is 41.0. The SMILES string of the molecule is c1ccc(-c2cccc(-c3cccc(-c4cccc5c4oc4cc(-c6ccc7c8ccccc8n(-c8nc(-c9ccccc9)nc(-c9ccccc9)n8)c7c6)ccc45)c3)c2)cc1. The van der Waals surface area contributed by atoms with Crippen LogP contribution >= 0.6 is 0 Å². The van der Waals surface area contributed by atoms with Crippen molar-refractivity contribution in [2.24, 2.45) is 0 Å². The van der Waals surface area contributed by atoms with E-state index in [2.05, 4.69) is 162 Å². The minimum Gasteiger partial charge on any atom is -0.455 e. The first kappa shape index (κ1) is 35.5. The van der Waals surface area contributed by atoms with E-state index in [-0.39, 0.29) is 0 Å². The van der Waals surface area contributed by atoms with Gasteiger partial charge in [-0.2, -0.15) is 9.97 Å². The average Bonchev–Trinajstić information content (AvgIpc) is 3.90. The van der Waals surface area contributed by atoms with Crippen LogP contribution in [0.5, 0.6) is 0 Å². The van der Waals surface area contributed by atoms with Crippen molar-refractivity contribution in [1.82, 2.24) is 19.5 Å². The van der Waals surface area contributed by atoms with Gasteiger partial charge in [-0.05, 0) is 75.3 Å². The molecule has 0 amide bonds. The maximum absolute atomic E-state index is 6.83. The number of aromatic nitrogens is 4. The molecule has 0 spiro atoms. The number of benzene rings is 9. The molecule has 290 valence electrons. The second-order valence-electron chi connectivity index (χ2n) is 15.6. The summed E-state index contributed by atoms with van der Waals surface area (Å²) in [7, 11) is 0. The molecule has 3 heterocycles. The van der Waals surface area contributed by atoms with Crippen molar-refractivity contribution in [3.63, 3.8) is 0 Å². The average molecular weight is 793 g/mol. The van der Waals surface area contributed by atoms with E-state index in [0.717, 1.165) is 82.7 Å². The minimum atomic E-state index is 0.564. The zero-order valence-corrected chi connectivity index (χ0v) is 33.5. The van der Waals surface area contributed by atoms with Crippen molar-refractivity contribution in [2.45, 2.75) is 0 Å². The largest absolute Gasteiger partial charge is 0.455 e. The van der Waals surface area contributed by atoms with Gasteiger partial charge in [0, 0.05) is 38.2 Å². The molecule has 0 N–H and O–H groups in total. The molecule has 9 aromatic carbocycles. The Labute approximate surface area is 357 Å². The molecule has 0 unspecified atom stereocenters. The van der Waals surface area contributed by atoms with Gasteiger partial charge in [-0.15, -0.1) is 0 Å². The summed E-state index contributed by atoms with van der Waals surface area (Å²) in [6.07, 6.45) is 0. The molecule has 5 nitrogen and oxygen atoms in total. The normalized spacial score (nSPS) is 11.5. The van der Waals surface area contributed by atoms with Crippen molar-refractivity contribution in [1.29, 1.82) is 0 Å². The standard InChI is InChI=1S/C57H36N4O/c1-4-15-37(16-5-1)40-21-12-22-41(33-40)42-23-13-24-45(34-42)46-26-14-27-50-49-32-30-44(36-53(49)62-54(46)50)43-29-31-48-47-25-10-11-28-51(47)61(52(48)35-43)57-59-55(38-17-6-2-7-18-38)58-56(60-57)39-19-8-3-9-20-39/h1-36H. The molecule has 3 aromatic heterocycles. The Kier molecular flexibility index (Phi) is 8.42. The van der Waals surface area contributed by atoms with Gasteiger partial charge < -0.3 is 4.42 Å². The highest BCUT2D eigenvalue weighted by Gasteiger charge is 2.19. The van der Waals surface area contributed by atoms with Crippen molar-refractivity contribution in [3.8, 4) is 73.2 Å². The Morgan fingerprint density at radius 3 is 1.48 bits per heavy atom. The Morgan fingerprint density at radius 2 is 0.790 bits per heavy atom. The number of nitrogens with zero attached hydrogens (tertiary/aromatic N) is 4. The molecule has 12 aromatic rings. The summed E-state index contributed by atoms with van der Waals surface area (Å²) in [6, 6.07) is 76.4. The highest BCUT2D eigenvalue weighted by Crippen LogP contribution is 2.40. The Hall–Kier alpha value is -8.41. The molecule has 12 rings (SSSR count). The van der Waals surface area contributed by atoms with E-state index in [1.54, 1.807) is 0 Å². The lowest BCUT2D eigenvalue weighted by molar-refractivity contribution is 0.670. The third kappa shape index (κ3) is 6.14. The van der Waals surface area contributed by atoms with Gasteiger partial charge in [0.1, 0.15) is 11.2 Å². The third-order valence-electron chi connectivity index (χ3n) is 11.9. The highest BCUT2D eigenvalue weighted by molar-refractivity contribution is 6.12. The van der Waals surface area contributed by atoms with E-state index in [1.807, 2.05) is 60.7 Å². The monoisotopic (exact) mass is 792 g/mol. The maximum Gasteiger partial charge on any atom is 0.238 e. The Bertz CT molecular complexity index is 3570. The molecule has 0 atom stereocenters. The lowest BCUT2D eigenvalue weighted by Crippen LogP contribution is -2.06. The zero-order valence-electron chi connectivity index (χ0n) is 33.5. The lowest BCUT2D eigenvalue weighted by atomic mass is 9.95. The number of fused-ring (bicyclic) bond motifs is 6. The van der Waals surface area contributed by atoms with Gasteiger partial charge in [0.2, 0.25) is 5.95 Å². The molecule has 0 saturated heterocycles. The number of hydrogen-bond donors (Lipinski definition) is 0. The molecule has 0 bridgehead atoms. The fourth-order valence-electron chi connectivity index (χ4n) is 8.84. The van der Waals surface area contributed by atoms with Gasteiger partial charge in [0.15, 0.2) is 11.6 Å². The first-order valence-electron chi connectivity index (χ1n) is 20.8. The van der Waals surface area contributed by atoms with Crippen LogP contribution in [0.25, 0.3) is 117 Å². The Morgan fingerprint density at radius 1 is 0.306 bits per heavy atom. The summed E-state index contributed by atoms with van der Waals surface area (Å²) in [6.45, 7) is 0. The van der Waals surface area contributed by atoms with E-state index in [0.29, 0.717) is 17.6 Å². The minimum absolute atomic E-state index is 0.564. The van der Waals surface area contributed by atoms with Crippen LogP contribution in [0, 0.1) is 0 Å². The van der Waals surface area contributed by atoms with Gasteiger partial charge in [0.25, 0.3) is 0 Å². The van der Waals surface area contributed by atoms with Crippen LogP contribution in [0.2, 0.25) is 0 Å². The first-order chi connectivity index (χ1) is 30.7. The number of furan rings is 1. The summed E-state index contributed by atoms with van der Waals surface area (Å²) >= 11 is 0. The Balaban J connectivity index is 0.968. The predicted octanol–water partition coefficient (Wildman–Crippen LogP) is 14.9. The molecule has 0 aliphatic heterocycles. The van der Waals surface area contributed by atoms with E-state index in [4.69, 9.17) is 19.4 Å². The van der Waals surface area contributed by atoms with Crippen LogP contribution in [0.3, 0.4) is 0 Å². The summed E-state index contributed by atoms with van der Waals surface area (Å²) in [5.74, 6) is 1.81. The molecule has 0 radical (unpaired) electrons. The van der Waals surface area contributed by atoms with Gasteiger partial charge >= 0.3 is 0 Å². The van der Waals surface area contributed by atoms with Crippen LogP contribution in [0.4, 0.5) is 0 Å². The van der Waals surface area contributed by atoms with Gasteiger partial charge in [-0.3, -0.25) is 4.57 Å². The number of hydrogen-bond acceptors (Lipinski definition) is 4. The van der Waals surface area contributed by atoms with Crippen LogP contribution in [0.1, 0.15) is 0 Å². The molecular formula is C57H36N4O. The molecule has 62 heavy (non-hydrogen) atoms. The third-order valence-corrected chi connectivity index (χ3v) is 11.9. The van der Waals surface area contributed by atoms with Crippen LogP contribution in [0.15, 0.2) is 223 Å². The number of para-hydroxylation sites is 2. The van der Waals surface area contributed by atoms with Gasteiger partial charge in [0.05, 0.1) is 11.0 Å². The van der Waals surface area contributed by atoms with Gasteiger partial charge in [-0.25, -0.2) is 4.98 Å². The summed E-state index contributed by atoms with van der Waals surface area (Å²) in [5, 5.41) is 4.43. The topological polar surface area (TPSA) is 56.7 Å². The second kappa shape index (κ2) is 14.7. The van der Waals surface area contributed by atoms with Crippen molar-refractivity contribution in [2.75, 3.05) is 0 Å². The molecule has 0 aliphatic carbocycles. The molecule has 0 fully saturated rings. The predicted molar refractivity (Wildman–Crippen MR) is 254 cm³/mol. The first-order valence-corrected chi connectivity index (χ1v) is 20.8. The quantitative estimate of drug-likeness (QED) is 0.161. The molecule has 0 aliphatic rings. The van der Waals surface area contributed by atoms with Crippen LogP contribution in [-0.2, 0) is 0 Å². The van der Waals surface area contributed by atoms with Gasteiger partial charge in [-0.1, -0.05) is 182 Å². The maximum atomic E-state index is 6.83. The van der Waals surface area contributed by atoms with Crippen LogP contribution < -0.4 is 0 Å². The van der Waals surface area contributed by atoms with Crippen LogP contribution in [-0.4, -0.2) is 19.5 Å². The summed E-state index contributed by atoms with van der Waals surface area (Å²) < 4.78 is 9.00. The van der Waals surface area contributed by atoms with E-state index in [9.17, 15) is 0 Å². The molecule has 5 heteroatoms.